The van der Waals surface area contributed by atoms with Crippen molar-refractivity contribution in [2.24, 2.45) is 10.9 Å². The monoisotopic (exact) mass is 333 g/mol. The van der Waals surface area contributed by atoms with Crippen LogP contribution in [0.4, 0.5) is 0 Å². The van der Waals surface area contributed by atoms with E-state index in [0.717, 1.165) is 58.3 Å². The summed E-state index contributed by atoms with van der Waals surface area (Å²) in [4.78, 5) is 4.64. The number of nitrogens with zero attached hydrogens (tertiary/aromatic N) is 1. The Balaban J connectivity index is 1.63. The summed E-state index contributed by atoms with van der Waals surface area (Å²) >= 11 is 0. The SMILES string of the molecule is CCNC(=NCc1cccc(C)c1)NCCCOCC1CCOC1. The first kappa shape index (κ1) is 18.7. The predicted molar refractivity (Wildman–Crippen MR) is 98.4 cm³/mol. The summed E-state index contributed by atoms with van der Waals surface area (Å²) in [6.45, 7) is 9.94. The van der Waals surface area contributed by atoms with Crippen molar-refractivity contribution < 1.29 is 9.47 Å². The Bertz CT molecular complexity index is 499. The van der Waals surface area contributed by atoms with Gasteiger partial charge >= 0.3 is 0 Å². The molecular weight excluding hydrogens is 302 g/mol. The highest BCUT2D eigenvalue weighted by Crippen LogP contribution is 2.12. The van der Waals surface area contributed by atoms with E-state index in [1.807, 2.05) is 0 Å². The summed E-state index contributed by atoms with van der Waals surface area (Å²) in [5, 5.41) is 6.65. The third-order valence-electron chi connectivity index (χ3n) is 3.98. The van der Waals surface area contributed by atoms with Crippen LogP contribution < -0.4 is 10.6 Å². The second kappa shape index (κ2) is 11.0. The van der Waals surface area contributed by atoms with Gasteiger partial charge in [0.1, 0.15) is 0 Å². The van der Waals surface area contributed by atoms with Gasteiger partial charge in [0.2, 0.25) is 0 Å². The molecule has 1 aliphatic heterocycles. The Morgan fingerprint density at radius 1 is 1.38 bits per heavy atom. The summed E-state index contributed by atoms with van der Waals surface area (Å²) in [5.74, 6) is 1.45. The first-order chi connectivity index (χ1) is 11.8. The Morgan fingerprint density at radius 2 is 2.29 bits per heavy atom. The van der Waals surface area contributed by atoms with Crippen molar-refractivity contribution in [2.75, 3.05) is 39.5 Å². The Labute approximate surface area is 145 Å². The van der Waals surface area contributed by atoms with Gasteiger partial charge in [0.05, 0.1) is 19.8 Å². The molecule has 24 heavy (non-hydrogen) atoms. The van der Waals surface area contributed by atoms with Gasteiger partial charge in [0.15, 0.2) is 5.96 Å². The van der Waals surface area contributed by atoms with Gasteiger partial charge < -0.3 is 20.1 Å². The second-order valence-electron chi connectivity index (χ2n) is 6.27. The van der Waals surface area contributed by atoms with Crippen LogP contribution in [0.15, 0.2) is 29.3 Å². The number of aliphatic imine (C=N–C) groups is 1. The lowest BCUT2D eigenvalue weighted by Gasteiger charge is -2.12. The fourth-order valence-corrected chi connectivity index (χ4v) is 2.67. The van der Waals surface area contributed by atoms with E-state index < -0.39 is 0 Å². The molecule has 1 fully saturated rings. The van der Waals surface area contributed by atoms with Crippen LogP contribution in [-0.4, -0.2) is 45.5 Å². The van der Waals surface area contributed by atoms with Crippen LogP contribution >= 0.6 is 0 Å². The number of hydrogen-bond acceptors (Lipinski definition) is 3. The minimum atomic E-state index is 0.589. The molecule has 1 aliphatic rings. The third-order valence-corrected chi connectivity index (χ3v) is 3.98. The molecule has 0 amide bonds. The zero-order chi connectivity index (χ0) is 17.0. The molecule has 5 heteroatoms. The molecule has 5 nitrogen and oxygen atoms in total. The van der Waals surface area contributed by atoms with Crippen molar-refractivity contribution >= 4 is 5.96 Å². The molecule has 0 saturated carbocycles. The molecule has 2 rings (SSSR count). The summed E-state index contributed by atoms with van der Waals surface area (Å²) < 4.78 is 11.1. The minimum absolute atomic E-state index is 0.589. The van der Waals surface area contributed by atoms with Crippen molar-refractivity contribution in [3.05, 3.63) is 35.4 Å². The zero-order valence-electron chi connectivity index (χ0n) is 15.0. The normalized spacial score (nSPS) is 17.9. The van der Waals surface area contributed by atoms with Crippen LogP contribution in [-0.2, 0) is 16.0 Å². The summed E-state index contributed by atoms with van der Waals surface area (Å²) in [6.07, 6.45) is 2.11. The number of ether oxygens (including phenoxy) is 2. The minimum Gasteiger partial charge on any atom is -0.381 e. The lowest BCUT2D eigenvalue weighted by atomic mass is 10.1. The van der Waals surface area contributed by atoms with Gasteiger partial charge in [0.25, 0.3) is 0 Å². The molecule has 134 valence electrons. The molecule has 2 N–H and O–H groups in total. The molecule has 1 aromatic rings. The molecule has 0 radical (unpaired) electrons. The Morgan fingerprint density at radius 3 is 3.04 bits per heavy atom. The lowest BCUT2D eigenvalue weighted by Crippen LogP contribution is -2.38. The van der Waals surface area contributed by atoms with Gasteiger partial charge in [-0.25, -0.2) is 4.99 Å². The fourth-order valence-electron chi connectivity index (χ4n) is 2.67. The highest BCUT2D eigenvalue weighted by atomic mass is 16.5. The highest BCUT2D eigenvalue weighted by molar-refractivity contribution is 5.79. The number of nitrogens with one attached hydrogen (secondary N) is 2. The molecule has 0 aliphatic carbocycles. The van der Waals surface area contributed by atoms with Crippen LogP contribution in [0.3, 0.4) is 0 Å². The number of rotatable bonds is 9. The third kappa shape index (κ3) is 7.32. The molecule has 1 unspecified atom stereocenters. The number of aryl methyl sites for hydroxylation is 1. The van der Waals surface area contributed by atoms with E-state index in [-0.39, 0.29) is 0 Å². The highest BCUT2D eigenvalue weighted by Gasteiger charge is 2.15. The molecule has 0 bridgehead atoms. The van der Waals surface area contributed by atoms with E-state index in [1.54, 1.807) is 0 Å². The molecular formula is C19H31N3O2. The van der Waals surface area contributed by atoms with Gasteiger partial charge in [-0.3, -0.25) is 0 Å². The van der Waals surface area contributed by atoms with Crippen LogP contribution in [0.5, 0.6) is 0 Å². The van der Waals surface area contributed by atoms with E-state index in [9.17, 15) is 0 Å². The van der Waals surface area contributed by atoms with Crippen LogP contribution in [0.25, 0.3) is 0 Å². The Kier molecular flexibility index (Phi) is 8.63. The first-order valence-electron chi connectivity index (χ1n) is 9.01. The van der Waals surface area contributed by atoms with Gasteiger partial charge in [-0.1, -0.05) is 29.8 Å². The van der Waals surface area contributed by atoms with Crippen molar-refractivity contribution in [2.45, 2.75) is 33.2 Å². The van der Waals surface area contributed by atoms with Gasteiger partial charge in [-0.2, -0.15) is 0 Å². The molecule has 1 atom stereocenters. The maximum atomic E-state index is 5.72. The largest absolute Gasteiger partial charge is 0.381 e. The standard InChI is InChI=1S/C19H31N3O2/c1-3-20-19(22-13-17-7-4-6-16(2)12-17)21-9-5-10-23-14-18-8-11-24-15-18/h4,6-7,12,18H,3,5,8-11,13-15H2,1-2H3,(H2,20,21,22). The van der Waals surface area contributed by atoms with Crippen molar-refractivity contribution in [3.8, 4) is 0 Å². The molecule has 0 spiro atoms. The Hall–Kier alpha value is -1.59. The summed E-state index contributed by atoms with van der Waals surface area (Å²) in [5.41, 5.74) is 2.50. The van der Waals surface area contributed by atoms with Crippen molar-refractivity contribution in [1.29, 1.82) is 0 Å². The van der Waals surface area contributed by atoms with Crippen LogP contribution in [0, 0.1) is 12.8 Å². The zero-order valence-corrected chi connectivity index (χ0v) is 15.0. The van der Waals surface area contributed by atoms with E-state index in [0.29, 0.717) is 12.5 Å². The van der Waals surface area contributed by atoms with Crippen LogP contribution in [0.1, 0.15) is 30.9 Å². The van der Waals surface area contributed by atoms with E-state index in [4.69, 9.17) is 9.47 Å². The van der Waals surface area contributed by atoms with E-state index >= 15 is 0 Å². The average Bonchev–Trinajstić information content (AvgIpc) is 3.09. The van der Waals surface area contributed by atoms with Crippen LogP contribution in [0.2, 0.25) is 0 Å². The van der Waals surface area contributed by atoms with Gasteiger partial charge in [-0.15, -0.1) is 0 Å². The predicted octanol–water partition coefficient (Wildman–Crippen LogP) is 2.49. The average molecular weight is 333 g/mol. The second-order valence-corrected chi connectivity index (χ2v) is 6.27. The van der Waals surface area contributed by atoms with Gasteiger partial charge in [0, 0.05) is 32.2 Å². The number of guanidine groups is 1. The maximum absolute atomic E-state index is 5.72. The van der Waals surface area contributed by atoms with Gasteiger partial charge in [-0.05, 0) is 32.3 Å². The summed E-state index contributed by atoms with van der Waals surface area (Å²) in [6, 6.07) is 8.47. The molecule has 0 aromatic heterocycles. The smallest absolute Gasteiger partial charge is 0.191 e. The molecule has 1 aromatic carbocycles. The fraction of sp³-hybridized carbons (Fsp3) is 0.632. The summed E-state index contributed by atoms with van der Waals surface area (Å²) in [7, 11) is 0. The first-order valence-corrected chi connectivity index (χ1v) is 9.01. The van der Waals surface area contributed by atoms with Crippen molar-refractivity contribution in [3.63, 3.8) is 0 Å². The number of benzene rings is 1. The van der Waals surface area contributed by atoms with E-state index in [1.165, 1.54) is 11.1 Å². The van der Waals surface area contributed by atoms with E-state index in [2.05, 4.69) is 53.7 Å². The quantitative estimate of drug-likeness (QED) is 0.414. The molecule has 1 saturated heterocycles. The number of hydrogen-bond donors (Lipinski definition) is 2. The topological polar surface area (TPSA) is 54.9 Å². The van der Waals surface area contributed by atoms with Crippen molar-refractivity contribution in [1.82, 2.24) is 10.6 Å². The lowest BCUT2D eigenvalue weighted by molar-refractivity contribution is 0.0888. The maximum Gasteiger partial charge on any atom is 0.191 e. The molecule has 1 heterocycles.